The summed E-state index contributed by atoms with van der Waals surface area (Å²) in [6.45, 7) is 1.91. The highest BCUT2D eigenvalue weighted by molar-refractivity contribution is 7.92. The van der Waals surface area contributed by atoms with E-state index in [0.29, 0.717) is 11.6 Å². The van der Waals surface area contributed by atoms with Gasteiger partial charge in [-0.25, -0.2) is 8.42 Å². The summed E-state index contributed by atoms with van der Waals surface area (Å²) in [5, 5.41) is 0. The largest absolute Gasteiger partial charge is 0.280 e. The van der Waals surface area contributed by atoms with E-state index in [0.717, 1.165) is 11.1 Å². The molecule has 0 heterocycles. The number of alkyl halides is 1. The molecule has 0 radical (unpaired) electrons. The lowest BCUT2D eigenvalue weighted by molar-refractivity contribution is 0.601. The van der Waals surface area contributed by atoms with Gasteiger partial charge in [0, 0.05) is 11.6 Å². The van der Waals surface area contributed by atoms with Gasteiger partial charge in [-0.15, -0.1) is 11.6 Å². The molecule has 5 heteroatoms. The van der Waals surface area contributed by atoms with Crippen LogP contribution in [0.2, 0.25) is 0 Å². The summed E-state index contributed by atoms with van der Waals surface area (Å²) in [4.78, 5) is 0.250. The van der Waals surface area contributed by atoms with Crippen molar-refractivity contribution in [2.24, 2.45) is 0 Å². The van der Waals surface area contributed by atoms with Gasteiger partial charge in [0.25, 0.3) is 10.0 Å². The van der Waals surface area contributed by atoms with Crippen LogP contribution < -0.4 is 4.72 Å². The number of anilines is 1. The van der Waals surface area contributed by atoms with Crippen molar-refractivity contribution in [3.8, 4) is 0 Å². The predicted octanol–water partition coefficient (Wildman–Crippen LogP) is 3.53. The lowest BCUT2D eigenvalue weighted by atomic mass is 10.2. The lowest BCUT2D eigenvalue weighted by Gasteiger charge is -2.08. The van der Waals surface area contributed by atoms with Crippen molar-refractivity contribution in [3.63, 3.8) is 0 Å². The smallest absolute Gasteiger partial charge is 0.261 e. The summed E-state index contributed by atoms with van der Waals surface area (Å²) in [7, 11) is -3.53. The minimum absolute atomic E-state index is 0.250. The number of hydrogen-bond acceptors (Lipinski definition) is 2. The van der Waals surface area contributed by atoms with Crippen LogP contribution >= 0.6 is 11.6 Å². The third kappa shape index (κ3) is 3.49. The van der Waals surface area contributed by atoms with Crippen molar-refractivity contribution in [3.05, 3.63) is 59.7 Å². The van der Waals surface area contributed by atoms with E-state index < -0.39 is 10.0 Å². The molecule has 2 rings (SSSR count). The molecule has 0 fully saturated rings. The molecular formula is C14H14ClNO2S. The summed E-state index contributed by atoms with van der Waals surface area (Å²) in [5.41, 5.74) is 2.49. The Morgan fingerprint density at radius 2 is 1.58 bits per heavy atom. The number of benzene rings is 2. The minimum atomic E-state index is -3.53. The second kappa shape index (κ2) is 5.63. The first kappa shape index (κ1) is 13.9. The predicted molar refractivity (Wildman–Crippen MR) is 78.0 cm³/mol. The van der Waals surface area contributed by atoms with Crippen LogP contribution in [0.15, 0.2) is 53.4 Å². The molecule has 2 aromatic rings. The molecule has 0 saturated heterocycles. The molecule has 0 aliphatic heterocycles. The molecular weight excluding hydrogens is 282 g/mol. The van der Waals surface area contributed by atoms with Crippen LogP contribution in [0.25, 0.3) is 0 Å². The van der Waals surface area contributed by atoms with Gasteiger partial charge in [-0.3, -0.25) is 4.72 Å². The fourth-order valence-electron chi connectivity index (χ4n) is 1.59. The summed E-state index contributed by atoms with van der Waals surface area (Å²) >= 11 is 5.68. The van der Waals surface area contributed by atoms with Gasteiger partial charge >= 0.3 is 0 Å². The van der Waals surface area contributed by atoms with E-state index in [1.165, 1.54) is 0 Å². The van der Waals surface area contributed by atoms with E-state index in [1.54, 1.807) is 48.5 Å². The highest BCUT2D eigenvalue weighted by Gasteiger charge is 2.13. The molecule has 0 aromatic heterocycles. The van der Waals surface area contributed by atoms with Gasteiger partial charge in [0.05, 0.1) is 4.90 Å². The van der Waals surface area contributed by atoms with E-state index in [1.807, 2.05) is 6.92 Å². The molecule has 0 unspecified atom stereocenters. The van der Waals surface area contributed by atoms with Gasteiger partial charge in [-0.2, -0.15) is 0 Å². The van der Waals surface area contributed by atoms with E-state index in [9.17, 15) is 8.42 Å². The zero-order valence-electron chi connectivity index (χ0n) is 10.4. The van der Waals surface area contributed by atoms with Crippen molar-refractivity contribution < 1.29 is 8.42 Å². The minimum Gasteiger partial charge on any atom is -0.280 e. The molecule has 0 aliphatic carbocycles. The van der Waals surface area contributed by atoms with Crippen LogP contribution in [0.4, 0.5) is 5.69 Å². The number of nitrogens with one attached hydrogen (secondary N) is 1. The first-order valence-electron chi connectivity index (χ1n) is 5.76. The van der Waals surface area contributed by atoms with Gasteiger partial charge < -0.3 is 0 Å². The highest BCUT2D eigenvalue weighted by Crippen LogP contribution is 2.17. The molecule has 19 heavy (non-hydrogen) atoms. The molecule has 1 N–H and O–H groups in total. The highest BCUT2D eigenvalue weighted by atomic mass is 35.5. The second-order valence-corrected chi connectivity index (χ2v) is 6.20. The maximum Gasteiger partial charge on any atom is 0.261 e. The van der Waals surface area contributed by atoms with E-state index in [2.05, 4.69) is 4.72 Å². The molecule has 0 spiro atoms. The third-order valence-corrected chi connectivity index (χ3v) is 4.40. The first-order chi connectivity index (χ1) is 9.01. The summed E-state index contributed by atoms with van der Waals surface area (Å²) < 4.78 is 26.8. The van der Waals surface area contributed by atoms with Gasteiger partial charge in [0.15, 0.2) is 0 Å². The monoisotopic (exact) mass is 295 g/mol. The van der Waals surface area contributed by atoms with Crippen molar-refractivity contribution in [1.82, 2.24) is 0 Å². The van der Waals surface area contributed by atoms with Gasteiger partial charge in [0.2, 0.25) is 0 Å². The van der Waals surface area contributed by atoms with E-state index >= 15 is 0 Å². The molecule has 2 aromatic carbocycles. The molecule has 0 atom stereocenters. The Kier molecular flexibility index (Phi) is 4.12. The van der Waals surface area contributed by atoms with Gasteiger partial charge in [0.1, 0.15) is 0 Å². The third-order valence-electron chi connectivity index (χ3n) is 2.69. The molecule has 0 amide bonds. The van der Waals surface area contributed by atoms with Crippen LogP contribution in [0.3, 0.4) is 0 Å². The summed E-state index contributed by atoms with van der Waals surface area (Å²) in [6.07, 6.45) is 0. The maximum absolute atomic E-state index is 12.1. The topological polar surface area (TPSA) is 46.2 Å². The molecule has 3 nitrogen and oxygen atoms in total. The zero-order valence-corrected chi connectivity index (χ0v) is 12.0. The van der Waals surface area contributed by atoms with E-state index in [-0.39, 0.29) is 4.90 Å². The Labute approximate surface area is 118 Å². The van der Waals surface area contributed by atoms with Crippen molar-refractivity contribution in [2.45, 2.75) is 17.7 Å². The normalized spacial score (nSPS) is 11.3. The Balaban J connectivity index is 2.23. The average Bonchev–Trinajstić information content (AvgIpc) is 2.40. The Morgan fingerprint density at radius 1 is 1.00 bits per heavy atom. The molecule has 0 aliphatic rings. The fourth-order valence-corrected chi connectivity index (χ4v) is 2.83. The first-order valence-corrected chi connectivity index (χ1v) is 7.77. The van der Waals surface area contributed by atoms with Gasteiger partial charge in [-0.1, -0.05) is 29.8 Å². The maximum atomic E-state index is 12.1. The van der Waals surface area contributed by atoms with Crippen LogP contribution in [-0.4, -0.2) is 8.42 Å². The Bertz CT molecular complexity index is 649. The molecule has 100 valence electrons. The Hall–Kier alpha value is -1.52. The van der Waals surface area contributed by atoms with E-state index in [4.69, 9.17) is 11.6 Å². The number of rotatable bonds is 4. The molecule has 0 bridgehead atoms. The number of halogens is 1. The van der Waals surface area contributed by atoms with Crippen molar-refractivity contribution in [2.75, 3.05) is 4.72 Å². The zero-order chi connectivity index (χ0) is 13.9. The van der Waals surface area contributed by atoms with Crippen LogP contribution in [-0.2, 0) is 15.9 Å². The molecule has 0 saturated carbocycles. The lowest BCUT2D eigenvalue weighted by Crippen LogP contribution is -2.12. The van der Waals surface area contributed by atoms with Crippen LogP contribution in [0.1, 0.15) is 11.1 Å². The summed E-state index contributed by atoms with van der Waals surface area (Å²) in [5.74, 6) is 0.408. The average molecular weight is 296 g/mol. The number of sulfonamides is 1. The Morgan fingerprint density at radius 3 is 2.11 bits per heavy atom. The van der Waals surface area contributed by atoms with Crippen molar-refractivity contribution in [1.29, 1.82) is 0 Å². The van der Waals surface area contributed by atoms with Crippen LogP contribution in [0, 0.1) is 6.92 Å². The SMILES string of the molecule is Cc1ccc(S(=O)(=O)Nc2ccc(CCl)cc2)cc1. The van der Waals surface area contributed by atoms with Crippen LogP contribution in [0.5, 0.6) is 0 Å². The van der Waals surface area contributed by atoms with Crippen molar-refractivity contribution >= 4 is 27.3 Å². The fraction of sp³-hybridized carbons (Fsp3) is 0.143. The second-order valence-electron chi connectivity index (χ2n) is 4.25. The van der Waals surface area contributed by atoms with Gasteiger partial charge in [-0.05, 0) is 36.8 Å². The number of aryl methyl sites for hydroxylation is 1. The standard InChI is InChI=1S/C14H14ClNO2S/c1-11-2-8-14(9-3-11)19(17,18)16-13-6-4-12(10-15)5-7-13/h2-9,16H,10H2,1H3. The quantitative estimate of drug-likeness (QED) is 0.877. The number of hydrogen-bond donors (Lipinski definition) is 1. The summed E-state index contributed by atoms with van der Waals surface area (Å²) in [6, 6.07) is 13.7.